The standard InChI is InChI=1S/C23H27F3N6O/c24-23(25,26)19-3-5-20(6-4-19)29-21-22(28-8-7-27-21)32-13-11-31(12-14-32)16-18(17-33)15-30-9-1-2-10-30/h3-8,16-17H,1-2,9-15H2,(H,27,29). The van der Waals surface area contributed by atoms with Crippen LogP contribution in [0.4, 0.5) is 30.5 Å². The lowest BCUT2D eigenvalue weighted by Crippen LogP contribution is -2.45. The summed E-state index contributed by atoms with van der Waals surface area (Å²) in [6.45, 7) is 5.61. The molecule has 33 heavy (non-hydrogen) atoms. The molecule has 1 aromatic carbocycles. The molecule has 2 aliphatic rings. The average molecular weight is 461 g/mol. The maximum atomic E-state index is 12.8. The number of rotatable bonds is 7. The minimum absolute atomic E-state index is 0.490. The van der Waals surface area contributed by atoms with Crippen LogP contribution in [-0.2, 0) is 11.0 Å². The summed E-state index contributed by atoms with van der Waals surface area (Å²) in [5.41, 5.74) is 0.592. The van der Waals surface area contributed by atoms with Crippen LogP contribution < -0.4 is 10.2 Å². The van der Waals surface area contributed by atoms with Crippen molar-refractivity contribution in [3.8, 4) is 0 Å². The Morgan fingerprint density at radius 3 is 2.27 bits per heavy atom. The van der Waals surface area contributed by atoms with E-state index in [1.165, 1.54) is 25.0 Å². The van der Waals surface area contributed by atoms with Crippen LogP contribution in [0.5, 0.6) is 0 Å². The fraction of sp³-hybridized carbons (Fsp3) is 0.435. The van der Waals surface area contributed by atoms with Gasteiger partial charge >= 0.3 is 6.18 Å². The molecule has 0 saturated carbocycles. The zero-order chi connectivity index (χ0) is 23.3. The summed E-state index contributed by atoms with van der Waals surface area (Å²) in [4.78, 5) is 26.9. The van der Waals surface area contributed by atoms with E-state index in [0.29, 0.717) is 37.0 Å². The van der Waals surface area contributed by atoms with Crippen molar-refractivity contribution < 1.29 is 18.0 Å². The first-order valence-corrected chi connectivity index (χ1v) is 11.0. The Kier molecular flexibility index (Phi) is 7.12. The molecule has 4 rings (SSSR count). The minimum atomic E-state index is -4.37. The molecule has 1 N–H and O–H groups in total. The first-order chi connectivity index (χ1) is 15.9. The molecule has 0 unspecified atom stereocenters. The van der Waals surface area contributed by atoms with Crippen LogP contribution in [0.1, 0.15) is 18.4 Å². The molecule has 176 valence electrons. The van der Waals surface area contributed by atoms with Crippen LogP contribution in [0.15, 0.2) is 48.4 Å². The second-order valence-electron chi connectivity index (χ2n) is 8.26. The van der Waals surface area contributed by atoms with E-state index in [-0.39, 0.29) is 0 Å². The summed E-state index contributed by atoms with van der Waals surface area (Å²) < 4.78 is 38.4. The molecular formula is C23H27F3N6O. The maximum absolute atomic E-state index is 12.8. The van der Waals surface area contributed by atoms with Gasteiger partial charge in [0.2, 0.25) is 0 Å². The second-order valence-corrected chi connectivity index (χ2v) is 8.26. The molecular weight excluding hydrogens is 433 g/mol. The third kappa shape index (κ3) is 6.01. The maximum Gasteiger partial charge on any atom is 0.416 e. The smallest absolute Gasteiger partial charge is 0.373 e. The Labute approximate surface area is 190 Å². The van der Waals surface area contributed by atoms with E-state index in [0.717, 1.165) is 50.2 Å². The highest BCUT2D eigenvalue weighted by molar-refractivity contribution is 5.73. The lowest BCUT2D eigenvalue weighted by atomic mass is 10.2. The van der Waals surface area contributed by atoms with Crippen molar-refractivity contribution >= 4 is 23.6 Å². The molecule has 2 fully saturated rings. The third-order valence-electron chi connectivity index (χ3n) is 5.87. The predicted octanol–water partition coefficient (Wildman–Crippen LogP) is 3.54. The normalized spacial score (nSPS) is 18.0. The van der Waals surface area contributed by atoms with E-state index >= 15 is 0 Å². The molecule has 1 aromatic heterocycles. The van der Waals surface area contributed by atoms with Crippen molar-refractivity contribution in [3.63, 3.8) is 0 Å². The van der Waals surface area contributed by atoms with Crippen molar-refractivity contribution in [1.82, 2.24) is 19.8 Å². The Bertz CT molecular complexity index is 965. The number of carbonyl (C=O) groups excluding carboxylic acids is 1. The van der Waals surface area contributed by atoms with Gasteiger partial charge in [0.25, 0.3) is 0 Å². The quantitative estimate of drug-likeness (QED) is 0.501. The van der Waals surface area contributed by atoms with E-state index in [4.69, 9.17) is 0 Å². The fourth-order valence-corrected chi connectivity index (χ4v) is 4.13. The van der Waals surface area contributed by atoms with Crippen molar-refractivity contribution in [2.45, 2.75) is 19.0 Å². The molecule has 2 saturated heterocycles. The zero-order valence-corrected chi connectivity index (χ0v) is 18.3. The van der Waals surface area contributed by atoms with E-state index in [1.54, 1.807) is 12.4 Å². The monoisotopic (exact) mass is 460 g/mol. The van der Waals surface area contributed by atoms with Crippen molar-refractivity contribution in [1.29, 1.82) is 0 Å². The van der Waals surface area contributed by atoms with Crippen LogP contribution in [-0.4, -0.2) is 71.9 Å². The number of likely N-dealkylation sites (tertiary alicyclic amines) is 1. The molecule has 10 heteroatoms. The second kappa shape index (κ2) is 10.2. The molecule has 0 bridgehead atoms. The Morgan fingerprint density at radius 1 is 0.970 bits per heavy atom. The summed E-state index contributed by atoms with van der Waals surface area (Å²) in [6, 6.07) is 4.84. The van der Waals surface area contributed by atoms with Crippen LogP contribution in [0, 0.1) is 0 Å². The summed E-state index contributed by atoms with van der Waals surface area (Å²) >= 11 is 0. The molecule has 0 atom stereocenters. The third-order valence-corrected chi connectivity index (χ3v) is 5.87. The number of aromatic nitrogens is 2. The van der Waals surface area contributed by atoms with Gasteiger partial charge in [0, 0.05) is 62.6 Å². The van der Waals surface area contributed by atoms with Gasteiger partial charge in [-0.3, -0.25) is 9.69 Å². The average Bonchev–Trinajstić information content (AvgIpc) is 3.32. The topological polar surface area (TPSA) is 64.6 Å². The van der Waals surface area contributed by atoms with E-state index < -0.39 is 11.7 Å². The van der Waals surface area contributed by atoms with Crippen LogP contribution in [0.2, 0.25) is 0 Å². The van der Waals surface area contributed by atoms with Gasteiger partial charge in [-0.05, 0) is 50.2 Å². The van der Waals surface area contributed by atoms with Crippen molar-refractivity contribution in [2.75, 3.05) is 56.0 Å². The molecule has 0 spiro atoms. The molecule has 3 heterocycles. The Morgan fingerprint density at radius 2 is 1.64 bits per heavy atom. The Hall–Kier alpha value is -3.14. The van der Waals surface area contributed by atoms with Gasteiger partial charge in [0.15, 0.2) is 11.6 Å². The van der Waals surface area contributed by atoms with Crippen molar-refractivity contribution in [2.24, 2.45) is 0 Å². The van der Waals surface area contributed by atoms with Gasteiger partial charge < -0.3 is 15.1 Å². The molecule has 2 aliphatic heterocycles. The molecule has 7 nitrogen and oxygen atoms in total. The lowest BCUT2D eigenvalue weighted by Gasteiger charge is -2.35. The number of aldehydes is 1. The van der Waals surface area contributed by atoms with Gasteiger partial charge in [0.1, 0.15) is 6.29 Å². The first-order valence-electron chi connectivity index (χ1n) is 11.0. The summed E-state index contributed by atoms with van der Waals surface area (Å²) in [7, 11) is 0. The summed E-state index contributed by atoms with van der Waals surface area (Å²) in [6.07, 6.45) is 4.05. The SMILES string of the molecule is O=CC(=CN1CCN(c2nccnc2Nc2ccc(C(F)(F)F)cc2)CC1)CN1CCCC1. The van der Waals surface area contributed by atoms with E-state index in [2.05, 4.69) is 30.0 Å². The van der Waals surface area contributed by atoms with E-state index in [9.17, 15) is 18.0 Å². The van der Waals surface area contributed by atoms with Gasteiger partial charge in [-0.2, -0.15) is 13.2 Å². The molecule has 0 radical (unpaired) electrons. The Balaban J connectivity index is 1.39. The highest BCUT2D eigenvalue weighted by Gasteiger charge is 2.30. The summed E-state index contributed by atoms with van der Waals surface area (Å²) in [5, 5.41) is 3.08. The number of hydrogen-bond donors (Lipinski definition) is 1. The minimum Gasteiger partial charge on any atom is -0.373 e. The zero-order valence-electron chi connectivity index (χ0n) is 18.3. The fourth-order valence-electron chi connectivity index (χ4n) is 4.13. The van der Waals surface area contributed by atoms with Gasteiger partial charge in [-0.15, -0.1) is 0 Å². The highest BCUT2D eigenvalue weighted by atomic mass is 19.4. The molecule has 0 aliphatic carbocycles. The number of anilines is 3. The van der Waals surface area contributed by atoms with E-state index in [1.807, 2.05) is 6.20 Å². The number of alkyl halides is 3. The number of halogens is 3. The first kappa shape index (κ1) is 23.0. The van der Waals surface area contributed by atoms with Crippen LogP contribution in [0.25, 0.3) is 0 Å². The summed E-state index contributed by atoms with van der Waals surface area (Å²) in [5.74, 6) is 1.14. The highest BCUT2D eigenvalue weighted by Crippen LogP contribution is 2.31. The lowest BCUT2D eigenvalue weighted by molar-refractivity contribution is -0.137. The molecule has 2 aromatic rings. The number of benzene rings is 1. The van der Waals surface area contributed by atoms with Crippen molar-refractivity contribution in [3.05, 3.63) is 54.0 Å². The number of piperazine rings is 1. The van der Waals surface area contributed by atoms with Gasteiger partial charge in [0.05, 0.1) is 5.56 Å². The van der Waals surface area contributed by atoms with Crippen LogP contribution >= 0.6 is 0 Å². The number of nitrogens with one attached hydrogen (secondary N) is 1. The van der Waals surface area contributed by atoms with Crippen LogP contribution in [0.3, 0.4) is 0 Å². The predicted molar refractivity (Wildman–Crippen MR) is 120 cm³/mol. The molecule has 0 amide bonds. The largest absolute Gasteiger partial charge is 0.416 e. The number of hydrogen-bond acceptors (Lipinski definition) is 7. The number of nitrogens with zero attached hydrogens (tertiary/aromatic N) is 5. The number of carbonyl (C=O) groups is 1. The van der Waals surface area contributed by atoms with Gasteiger partial charge in [-0.1, -0.05) is 0 Å². The van der Waals surface area contributed by atoms with Gasteiger partial charge in [-0.25, -0.2) is 9.97 Å².